The van der Waals surface area contributed by atoms with Crippen molar-refractivity contribution < 1.29 is 9.59 Å². The maximum Gasteiger partial charge on any atom is 0.251 e. The van der Waals surface area contributed by atoms with Crippen LogP contribution in [0.1, 0.15) is 31.1 Å². The molecule has 0 fully saturated rings. The van der Waals surface area contributed by atoms with Gasteiger partial charge in [0.25, 0.3) is 5.91 Å². The molecule has 0 saturated carbocycles. The second kappa shape index (κ2) is 6.57. The Morgan fingerprint density at radius 3 is 2.37 bits per heavy atom. The molecule has 1 aromatic rings. The molecule has 0 aromatic heterocycles. The average Bonchev–Trinajstić information content (AvgIpc) is 2.32. The van der Waals surface area contributed by atoms with Crippen molar-refractivity contribution in [2.75, 3.05) is 13.1 Å². The number of hydrogen-bond donors (Lipinski definition) is 2. The van der Waals surface area contributed by atoms with Gasteiger partial charge in [-0.3, -0.25) is 9.59 Å². The zero-order valence-electron chi connectivity index (χ0n) is 11.4. The standard InChI is InChI=1S/C14H19ClN2O2/c1-14(2,3)13(19)17-8-7-16-12(18)10-5-4-6-11(15)9-10/h4-6,9H,7-8H2,1-3H3,(H,16,18)(H,17,19). The molecule has 0 aliphatic carbocycles. The molecule has 0 aliphatic rings. The van der Waals surface area contributed by atoms with Gasteiger partial charge in [0.05, 0.1) is 0 Å². The van der Waals surface area contributed by atoms with Crippen molar-refractivity contribution in [1.29, 1.82) is 0 Å². The molecule has 0 bridgehead atoms. The van der Waals surface area contributed by atoms with Gasteiger partial charge in [0.1, 0.15) is 0 Å². The van der Waals surface area contributed by atoms with Crippen LogP contribution in [0.2, 0.25) is 5.02 Å². The van der Waals surface area contributed by atoms with Crippen LogP contribution in [-0.2, 0) is 4.79 Å². The summed E-state index contributed by atoms with van der Waals surface area (Å²) in [5.41, 5.74) is 0.0893. The Morgan fingerprint density at radius 1 is 1.16 bits per heavy atom. The number of carbonyl (C=O) groups excluding carboxylic acids is 2. The summed E-state index contributed by atoms with van der Waals surface area (Å²) in [6, 6.07) is 6.72. The molecule has 0 atom stereocenters. The molecule has 0 saturated heterocycles. The van der Waals surface area contributed by atoms with Crippen LogP contribution in [0.25, 0.3) is 0 Å². The number of hydrogen-bond acceptors (Lipinski definition) is 2. The summed E-state index contributed by atoms with van der Waals surface area (Å²) in [5.74, 6) is -0.239. The highest BCUT2D eigenvalue weighted by Gasteiger charge is 2.20. The first kappa shape index (κ1) is 15.5. The first-order valence-corrected chi connectivity index (χ1v) is 6.50. The Hall–Kier alpha value is -1.55. The Bertz CT molecular complexity index is 467. The predicted molar refractivity (Wildman–Crippen MR) is 76.2 cm³/mol. The molecular weight excluding hydrogens is 264 g/mol. The SMILES string of the molecule is CC(C)(C)C(=O)NCCNC(=O)c1cccc(Cl)c1. The van der Waals surface area contributed by atoms with E-state index in [1.54, 1.807) is 24.3 Å². The molecule has 2 N–H and O–H groups in total. The fourth-order valence-corrected chi connectivity index (χ4v) is 1.54. The van der Waals surface area contributed by atoms with Gasteiger partial charge in [0.15, 0.2) is 0 Å². The number of rotatable bonds is 4. The fraction of sp³-hybridized carbons (Fsp3) is 0.429. The molecule has 0 heterocycles. The van der Waals surface area contributed by atoms with Gasteiger partial charge in [0, 0.05) is 29.1 Å². The number of halogens is 1. The highest BCUT2D eigenvalue weighted by atomic mass is 35.5. The second-order valence-corrected chi connectivity index (χ2v) is 5.71. The van der Waals surface area contributed by atoms with Crippen LogP contribution in [0.5, 0.6) is 0 Å². The van der Waals surface area contributed by atoms with Gasteiger partial charge in [-0.1, -0.05) is 38.4 Å². The lowest BCUT2D eigenvalue weighted by molar-refractivity contribution is -0.128. The summed E-state index contributed by atoms with van der Waals surface area (Å²) in [5, 5.41) is 6.00. The maximum atomic E-state index is 11.8. The van der Waals surface area contributed by atoms with Gasteiger partial charge in [-0.15, -0.1) is 0 Å². The van der Waals surface area contributed by atoms with Gasteiger partial charge < -0.3 is 10.6 Å². The molecule has 104 valence electrons. The molecule has 0 radical (unpaired) electrons. The third-order valence-corrected chi connectivity index (χ3v) is 2.70. The molecular formula is C14H19ClN2O2. The molecule has 1 rings (SSSR count). The number of amides is 2. The predicted octanol–water partition coefficient (Wildman–Crippen LogP) is 2.23. The van der Waals surface area contributed by atoms with E-state index < -0.39 is 5.41 Å². The number of carbonyl (C=O) groups is 2. The van der Waals surface area contributed by atoms with Crippen molar-refractivity contribution in [2.45, 2.75) is 20.8 Å². The fourth-order valence-electron chi connectivity index (χ4n) is 1.35. The van der Waals surface area contributed by atoms with Crippen LogP contribution in [0.15, 0.2) is 24.3 Å². The Morgan fingerprint density at radius 2 is 1.79 bits per heavy atom. The molecule has 19 heavy (non-hydrogen) atoms. The van der Waals surface area contributed by atoms with Gasteiger partial charge >= 0.3 is 0 Å². The molecule has 0 aliphatic heterocycles. The van der Waals surface area contributed by atoms with Crippen LogP contribution in [0.3, 0.4) is 0 Å². The van der Waals surface area contributed by atoms with Crippen LogP contribution >= 0.6 is 11.6 Å². The molecule has 2 amide bonds. The highest BCUT2D eigenvalue weighted by molar-refractivity contribution is 6.30. The van der Waals surface area contributed by atoms with E-state index in [-0.39, 0.29) is 11.8 Å². The molecule has 0 spiro atoms. The Labute approximate surface area is 118 Å². The first-order chi connectivity index (χ1) is 8.80. The van der Waals surface area contributed by atoms with E-state index >= 15 is 0 Å². The number of benzene rings is 1. The Balaban J connectivity index is 2.34. The van der Waals surface area contributed by atoms with E-state index in [0.29, 0.717) is 23.7 Å². The zero-order chi connectivity index (χ0) is 14.5. The number of nitrogens with one attached hydrogen (secondary N) is 2. The average molecular weight is 283 g/mol. The van der Waals surface area contributed by atoms with Crippen LogP contribution < -0.4 is 10.6 Å². The molecule has 0 unspecified atom stereocenters. The van der Waals surface area contributed by atoms with Gasteiger partial charge in [-0.05, 0) is 18.2 Å². The van der Waals surface area contributed by atoms with E-state index in [4.69, 9.17) is 11.6 Å². The largest absolute Gasteiger partial charge is 0.354 e. The molecule has 5 heteroatoms. The quantitative estimate of drug-likeness (QED) is 0.832. The lowest BCUT2D eigenvalue weighted by Gasteiger charge is -2.17. The van der Waals surface area contributed by atoms with Crippen LogP contribution in [0.4, 0.5) is 0 Å². The van der Waals surface area contributed by atoms with Crippen LogP contribution in [0, 0.1) is 5.41 Å². The van der Waals surface area contributed by atoms with Crippen molar-refractivity contribution >= 4 is 23.4 Å². The highest BCUT2D eigenvalue weighted by Crippen LogP contribution is 2.12. The third-order valence-electron chi connectivity index (χ3n) is 2.46. The topological polar surface area (TPSA) is 58.2 Å². The monoisotopic (exact) mass is 282 g/mol. The minimum Gasteiger partial charge on any atom is -0.354 e. The van der Waals surface area contributed by atoms with Crippen molar-refractivity contribution in [2.24, 2.45) is 5.41 Å². The van der Waals surface area contributed by atoms with E-state index in [0.717, 1.165) is 0 Å². The van der Waals surface area contributed by atoms with E-state index in [9.17, 15) is 9.59 Å². The van der Waals surface area contributed by atoms with Crippen molar-refractivity contribution in [3.05, 3.63) is 34.9 Å². The van der Waals surface area contributed by atoms with Gasteiger partial charge in [-0.25, -0.2) is 0 Å². The first-order valence-electron chi connectivity index (χ1n) is 6.13. The summed E-state index contributed by atoms with van der Waals surface area (Å²) < 4.78 is 0. The van der Waals surface area contributed by atoms with Crippen molar-refractivity contribution in [3.8, 4) is 0 Å². The Kier molecular flexibility index (Phi) is 5.36. The summed E-state index contributed by atoms with van der Waals surface area (Å²) in [6.45, 7) is 6.31. The summed E-state index contributed by atoms with van der Waals surface area (Å²) in [4.78, 5) is 23.3. The van der Waals surface area contributed by atoms with E-state index in [1.807, 2.05) is 20.8 Å². The zero-order valence-corrected chi connectivity index (χ0v) is 12.2. The minimum absolute atomic E-state index is 0.0375. The smallest absolute Gasteiger partial charge is 0.251 e. The summed E-state index contributed by atoms with van der Waals surface area (Å²) >= 11 is 5.80. The van der Waals surface area contributed by atoms with Crippen LogP contribution in [-0.4, -0.2) is 24.9 Å². The van der Waals surface area contributed by atoms with Gasteiger partial charge in [0.2, 0.25) is 5.91 Å². The summed E-state index contributed by atoms with van der Waals surface area (Å²) in [7, 11) is 0. The second-order valence-electron chi connectivity index (χ2n) is 5.27. The summed E-state index contributed by atoms with van der Waals surface area (Å²) in [6.07, 6.45) is 0. The third kappa shape index (κ3) is 5.30. The van der Waals surface area contributed by atoms with Gasteiger partial charge in [-0.2, -0.15) is 0 Å². The van der Waals surface area contributed by atoms with E-state index in [2.05, 4.69) is 10.6 Å². The lowest BCUT2D eigenvalue weighted by atomic mass is 9.96. The van der Waals surface area contributed by atoms with E-state index in [1.165, 1.54) is 0 Å². The van der Waals surface area contributed by atoms with Crippen molar-refractivity contribution in [1.82, 2.24) is 10.6 Å². The molecule has 1 aromatic carbocycles. The lowest BCUT2D eigenvalue weighted by Crippen LogP contribution is -2.39. The minimum atomic E-state index is -0.420. The maximum absolute atomic E-state index is 11.8. The normalized spacial score (nSPS) is 10.9. The molecule has 4 nitrogen and oxygen atoms in total. The van der Waals surface area contributed by atoms with Crippen molar-refractivity contribution in [3.63, 3.8) is 0 Å².